The van der Waals surface area contributed by atoms with Gasteiger partial charge in [-0.2, -0.15) is 0 Å². The molecule has 36 heavy (non-hydrogen) atoms. The van der Waals surface area contributed by atoms with Gasteiger partial charge < -0.3 is 25.7 Å². The third-order valence-electron chi connectivity index (χ3n) is 6.28. The Morgan fingerprint density at radius 3 is 1.83 bits per heavy atom. The summed E-state index contributed by atoms with van der Waals surface area (Å²) < 4.78 is 0. The van der Waals surface area contributed by atoms with Crippen molar-refractivity contribution in [1.29, 1.82) is 0 Å². The Morgan fingerprint density at radius 1 is 0.667 bits per heavy atom. The smallest absolute Gasteiger partial charge is 0.249 e. The largest absolute Gasteiger partial charge is 0.394 e. The molecule has 0 bridgehead atoms. The summed E-state index contributed by atoms with van der Waals surface area (Å²) in [6.45, 7) is 3.84. The molecule has 0 aliphatic carbocycles. The Hall–Kier alpha value is -1.47. The molecule has 6 nitrogen and oxygen atoms in total. The van der Waals surface area contributed by atoms with Gasteiger partial charge in [-0.1, -0.05) is 88.8 Å². The van der Waals surface area contributed by atoms with Gasteiger partial charge >= 0.3 is 0 Å². The first kappa shape index (κ1) is 34.5. The number of allylic oxidation sites excluding steroid dienone is 6. The minimum absolute atomic E-state index is 0.343. The topological polar surface area (TPSA) is 110 Å². The van der Waals surface area contributed by atoms with Crippen molar-refractivity contribution in [2.75, 3.05) is 6.61 Å². The minimum Gasteiger partial charge on any atom is -0.394 e. The second-order valence-corrected chi connectivity index (χ2v) is 9.72. The number of rotatable bonds is 24. The molecule has 0 aromatic heterocycles. The number of carbonyl (C=O) groups is 1. The van der Waals surface area contributed by atoms with E-state index in [2.05, 4.69) is 55.6 Å². The van der Waals surface area contributed by atoms with Gasteiger partial charge in [-0.05, 0) is 64.2 Å². The van der Waals surface area contributed by atoms with Crippen LogP contribution in [0.25, 0.3) is 0 Å². The lowest BCUT2D eigenvalue weighted by Crippen LogP contribution is -2.53. The van der Waals surface area contributed by atoms with Crippen LogP contribution in [0.2, 0.25) is 0 Å². The molecule has 0 aromatic rings. The Morgan fingerprint density at radius 2 is 1.22 bits per heavy atom. The maximum Gasteiger partial charge on any atom is 0.249 e. The summed E-state index contributed by atoms with van der Waals surface area (Å²) in [7, 11) is 0. The predicted molar refractivity (Wildman–Crippen MR) is 150 cm³/mol. The predicted octanol–water partition coefficient (Wildman–Crippen LogP) is 5.50. The van der Waals surface area contributed by atoms with Gasteiger partial charge in [0.1, 0.15) is 12.2 Å². The Bertz CT molecular complexity index is 590. The molecular formula is C30H55NO5. The van der Waals surface area contributed by atoms with E-state index in [0.717, 1.165) is 64.2 Å². The van der Waals surface area contributed by atoms with Crippen LogP contribution in [0.1, 0.15) is 117 Å². The molecule has 0 rings (SSSR count). The van der Waals surface area contributed by atoms with E-state index in [9.17, 15) is 25.2 Å². The molecule has 0 fully saturated rings. The SMILES string of the molecule is CCC/C=C/CC/C=C/CCCC(O)C(O)C(CO)NC(=O)C(O)CCCCCC/C=C\CCCC. The number of nitrogens with one attached hydrogen (secondary N) is 1. The van der Waals surface area contributed by atoms with Crippen LogP contribution in [0.4, 0.5) is 0 Å². The fourth-order valence-electron chi connectivity index (χ4n) is 3.87. The minimum atomic E-state index is -1.29. The average Bonchev–Trinajstić information content (AvgIpc) is 2.88. The summed E-state index contributed by atoms with van der Waals surface area (Å²) in [5, 5.41) is 42.9. The van der Waals surface area contributed by atoms with Gasteiger partial charge in [-0.3, -0.25) is 4.79 Å². The maximum absolute atomic E-state index is 12.3. The van der Waals surface area contributed by atoms with Crippen molar-refractivity contribution in [2.45, 2.75) is 141 Å². The molecular weight excluding hydrogens is 454 g/mol. The van der Waals surface area contributed by atoms with E-state index in [1.807, 2.05) is 0 Å². The maximum atomic E-state index is 12.3. The Kier molecular flexibility index (Phi) is 24.2. The van der Waals surface area contributed by atoms with Gasteiger partial charge in [-0.25, -0.2) is 0 Å². The second-order valence-electron chi connectivity index (χ2n) is 9.72. The lowest BCUT2D eigenvalue weighted by molar-refractivity contribution is -0.132. The molecule has 0 radical (unpaired) electrons. The zero-order valence-corrected chi connectivity index (χ0v) is 23.0. The van der Waals surface area contributed by atoms with Gasteiger partial charge in [0, 0.05) is 0 Å². The number of hydrogen-bond donors (Lipinski definition) is 5. The fourth-order valence-corrected chi connectivity index (χ4v) is 3.87. The quantitative estimate of drug-likeness (QED) is 0.0872. The zero-order chi connectivity index (χ0) is 26.9. The van der Waals surface area contributed by atoms with E-state index in [1.54, 1.807) is 0 Å². The molecule has 0 spiro atoms. The van der Waals surface area contributed by atoms with Gasteiger partial charge in [0.15, 0.2) is 0 Å². The van der Waals surface area contributed by atoms with Crippen molar-refractivity contribution in [3.05, 3.63) is 36.5 Å². The summed E-state index contributed by atoms with van der Waals surface area (Å²) in [6.07, 6.45) is 24.6. The second kappa shape index (κ2) is 25.2. The van der Waals surface area contributed by atoms with Crippen LogP contribution in [-0.2, 0) is 4.79 Å². The van der Waals surface area contributed by atoms with Crippen molar-refractivity contribution >= 4 is 5.91 Å². The summed E-state index contributed by atoms with van der Waals surface area (Å²) in [6, 6.07) is -1.01. The molecule has 0 aliphatic heterocycles. The van der Waals surface area contributed by atoms with E-state index in [-0.39, 0.29) is 0 Å². The van der Waals surface area contributed by atoms with Crippen LogP contribution >= 0.6 is 0 Å². The molecule has 0 saturated carbocycles. The molecule has 0 aliphatic rings. The first-order chi connectivity index (χ1) is 17.5. The first-order valence-electron chi connectivity index (χ1n) is 14.4. The van der Waals surface area contributed by atoms with Crippen LogP contribution in [-0.4, -0.2) is 57.3 Å². The number of aliphatic hydroxyl groups is 4. The monoisotopic (exact) mass is 509 g/mol. The highest BCUT2D eigenvalue weighted by Crippen LogP contribution is 2.12. The lowest BCUT2D eigenvalue weighted by atomic mass is 10.00. The Balaban J connectivity index is 4.06. The van der Waals surface area contributed by atoms with E-state index in [4.69, 9.17) is 0 Å². The number of hydrogen-bond acceptors (Lipinski definition) is 5. The van der Waals surface area contributed by atoms with Crippen molar-refractivity contribution in [3.8, 4) is 0 Å². The number of aliphatic hydroxyl groups excluding tert-OH is 4. The Labute approximate surface area is 220 Å². The molecule has 0 aromatic carbocycles. The van der Waals surface area contributed by atoms with Crippen LogP contribution in [0.15, 0.2) is 36.5 Å². The van der Waals surface area contributed by atoms with E-state index < -0.39 is 36.9 Å². The van der Waals surface area contributed by atoms with Gasteiger partial charge in [0.2, 0.25) is 5.91 Å². The molecule has 6 heteroatoms. The van der Waals surface area contributed by atoms with E-state index >= 15 is 0 Å². The van der Waals surface area contributed by atoms with Gasteiger partial charge in [0.25, 0.3) is 0 Å². The zero-order valence-electron chi connectivity index (χ0n) is 23.0. The van der Waals surface area contributed by atoms with Crippen LogP contribution < -0.4 is 5.32 Å². The highest BCUT2D eigenvalue weighted by Gasteiger charge is 2.28. The molecule has 4 atom stereocenters. The third kappa shape index (κ3) is 19.7. The summed E-state index contributed by atoms with van der Waals surface area (Å²) in [5.41, 5.74) is 0. The number of amides is 1. The van der Waals surface area contributed by atoms with Gasteiger partial charge in [0.05, 0.1) is 18.8 Å². The average molecular weight is 510 g/mol. The molecule has 1 amide bonds. The van der Waals surface area contributed by atoms with Crippen LogP contribution in [0, 0.1) is 0 Å². The van der Waals surface area contributed by atoms with Crippen molar-refractivity contribution in [2.24, 2.45) is 0 Å². The first-order valence-corrected chi connectivity index (χ1v) is 14.4. The number of unbranched alkanes of at least 4 members (excludes halogenated alkanes) is 9. The van der Waals surface area contributed by atoms with Crippen molar-refractivity contribution in [3.63, 3.8) is 0 Å². The fraction of sp³-hybridized carbons (Fsp3) is 0.767. The molecule has 5 N–H and O–H groups in total. The normalized spacial score (nSPS) is 15.6. The summed E-state index contributed by atoms with van der Waals surface area (Å²) >= 11 is 0. The summed E-state index contributed by atoms with van der Waals surface area (Å²) in [5.74, 6) is -0.616. The lowest BCUT2D eigenvalue weighted by Gasteiger charge is -2.27. The molecule has 0 heterocycles. The molecule has 4 unspecified atom stereocenters. The molecule has 0 saturated heterocycles. The van der Waals surface area contributed by atoms with Crippen molar-refractivity contribution in [1.82, 2.24) is 5.32 Å². The van der Waals surface area contributed by atoms with Crippen LogP contribution in [0.5, 0.6) is 0 Å². The van der Waals surface area contributed by atoms with Crippen molar-refractivity contribution < 1.29 is 25.2 Å². The summed E-state index contributed by atoms with van der Waals surface area (Å²) in [4.78, 5) is 12.3. The standard InChI is InChI=1S/C30H55NO5/c1-3-5-7-9-11-13-15-17-19-21-23-27(33)29(35)26(25-32)31-30(36)28(34)24-22-20-18-16-14-12-10-8-6-4-2/h7,9-10,12,15,17,26-29,32-35H,3-6,8,11,13-14,16,18-25H2,1-2H3,(H,31,36)/b9-7+,12-10-,17-15+. The van der Waals surface area contributed by atoms with Crippen LogP contribution in [0.3, 0.4) is 0 Å². The molecule has 210 valence electrons. The third-order valence-corrected chi connectivity index (χ3v) is 6.28. The highest BCUT2D eigenvalue weighted by molar-refractivity contribution is 5.80. The van der Waals surface area contributed by atoms with E-state index in [1.165, 1.54) is 19.3 Å². The number of carbonyl (C=O) groups excluding carboxylic acids is 1. The van der Waals surface area contributed by atoms with Gasteiger partial charge in [-0.15, -0.1) is 0 Å². The van der Waals surface area contributed by atoms with E-state index in [0.29, 0.717) is 19.3 Å². The highest BCUT2D eigenvalue weighted by atomic mass is 16.3.